The SMILES string of the molecule is CN1CC(C)(C)N(c2cccc(Br)c2)C(=O)C1CO. The molecule has 2 rings (SSSR count). The Kier molecular flexibility index (Phi) is 3.99. The smallest absolute Gasteiger partial charge is 0.247 e. The number of aliphatic hydroxyl groups is 1. The van der Waals surface area contributed by atoms with Crippen LogP contribution in [0.1, 0.15) is 13.8 Å². The van der Waals surface area contributed by atoms with E-state index in [0.29, 0.717) is 0 Å². The summed E-state index contributed by atoms with van der Waals surface area (Å²) in [5.74, 6) is -0.0562. The molecule has 1 heterocycles. The van der Waals surface area contributed by atoms with Crippen LogP contribution in [-0.4, -0.2) is 47.7 Å². The molecule has 1 atom stereocenters. The first-order chi connectivity index (χ1) is 8.86. The standard InChI is InChI=1S/C14H19BrN2O2/c1-14(2)9-16(3)12(8-18)13(19)17(14)11-6-4-5-10(15)7-11/h4-7,12,18H,8-9H2,1-3H3. The summed E-state index contributed by atoms with van der Waals surface area (Å²) in [5, 5.41) is 9.42. The first-order valence-electron chi connectivity index (χ1n) is 6.27. The van der Waals surface area contributed by atoms with E-state index < -0.39 is 6.04 Å². The topological polar surface area (TPSA) is 43.8 Å². The maximum Gasteiger partial charge on any atom is 0.247 e. The van der Waals surface area contributed by atoms with E-state index in [-0.39, 0.29) is 18.1 Å². The minimum atomic E-state index is -0.466. The highest BCUT2D eigenvalue weighted by molar-refractivity contribution is 9.10. The maximum absolute atomic E-state index is 12.6. The van der Waals surface area contributed by atoms with Gasteiger partial charge in [-0.1, -0.05) is 22.0 Å². The Morgan fingerprint density at radius 2 is 2.16 bits per heavy atom. The zero-order valence-corrected chi connectivity index (χ0v) is 13.0. The molecule has 1 unspecified atom stereocenters. The summed E-state index contributed by atoms with van der Waals surface area (Å²) in [6, 6.07) is 7.23. The average molecular weight is 327 g/mol. The number of anilines is 1. The van der Waals surface area contributed by atoms with Crippen LogP contribution in [0.3, 0.4) is 0 Å². The summed E-state index contributed by atoms with van der Waals surface area (Å²) >= 11 is 3.43. The van der Waals surface area contributed by atoms with Gasteiger partial charge in [0.1, 0.15) is 6.04 Å². The minimum Gasteiger partial charge on any atom is -0.394 e. The van der Waals surface area contributed by atoms with Gasteiger partial charge in [-0.2, -0.15) is 0 Å². The van der Waals surface area contributed by atoms with Gasteiger partial charge in [0, 0.05) is 16.7 Å². The first-order valence-corrected chi connectivity index (χ1v) is 7.07. The Hall–Kier alpha value is -0.910. The molecule has 0 radical (unpaired) electrons. The highest BCUT2D eigenvalue weighted by atomic mass is 79.9. The summed E-state index contributed by atoms with van der Waals surface area (Å²) in [5.41, 5.74) is 0.550. The quantitative estimate of drug-likeness (QED) is 0.902. The van der Waals surface area contributed by atoms with Crippen LogP contribution >= 0.6 is 15.9 Å². The molecular weight excluding hydrogens is 308 g/mol. The van der Waals surface area contributed by atoms with Crippen LogP contribution in [0, 0.1) is 0 Å². The number of aliphatic hydroxyl groups excluding tert-OH is 1. The maximum atomic E-state index is 12.6. The number of nitrogens with zero attached hydrogens (tertiary/aromatic N) is 2. The number of hydrogen-bond donors (Lipinski definition) is 1. The number of halogens is 1. The van der Waals surface area contributed by atoms with E-state index in [1.54, 1.807) is 4.90 Å². The first kappa shape index (κ1) is 14.5. The van der Waals surface area contributed by atoms with Gasteiger partial charge in [0.25, 0.3) is 0 Å². The van der Waals surface area contributed by atoms with Gasteiger partial charge in [-0.15, -0.1) is 0 Å². The second-order valence-corrected chi connectivity index (χ2v) is 6.50. The zero-order valence-electron chi connectivity index (χ0n) is 11.4. The van der Waals surface area contributed by atoms with E-state index in [9.17, 15) is 9.90 Å². The number of hydrogen-bond acceptors (Lipinski definition) is 3. The number of rotatable bonds is 2. The van der Waals surface area contributed by atoms with Gasteiger partial charge in [0.15, 0.2) is 0 Å². The highest BCUT2D eigenvalue weighted by Crippen LogP contribution is 2.31. The van der Waals surface area contributed by atoms with Crippen LogP contribution in [0.25, 0.3) is 0 Å². The summed E-state index contributed by atoms with van der Waals surface area (Å²) in [4.78, 5) is 16.3. The van der Waals surface area contributed by atoms with Crippen molar-refractivity contribution in [3.63, 3.8) is 0 Å². The number of benzene rings is 1. The summed E-state index contributed by atoms with van der Waals surface area (Å²) in [6.07, 6.45) is 0. The molecule has 1 aliphatic heterocycles. The lowest BCUT2D eigenvalue weighted by atomic mass is 9.94. The zero-order chi connectivity index (χ0) is 14.2. The third-order valence-electron chi connectivity index (χ3n) is 3.52. The number of amides is 1. The molecule has 0 saturated carbocycles. The normalized spacial score (nSPS) is 23.7. The molecule has 1 fully saturated rings. The van der Waals surface area contributed by atoms with Crippen molar-refractivity contribution in [2.24, 2.45) is 0 Å². The van der Waals surface area contributed by atoms with E-state index in [0.717, 1.165) is 16.7 Å². The summed E-state index contributed by atoms with van der Waals surface area (Å²) < 4.78 is 0.938. The number of carbonyl (C=O) groups excluding carboxylic acids is 1. The van der Waals surface area contributed by atoms with Crippen molar-refractivity contribution in [3.05, 3.63) is 28.7 Å². The molecule has 1 saturated heterocycles. The fourth-order valence-corrected chi connectivity index (χ4v) is 3.12. The third-order valence-corrected chi connectivity index (χ3v) is 4.01. The van der Waals surface area contributed by atoms with Crippen molar-refractivity contribution in [2.45, 2.75) is 25.4 Å². The molecule has 0 bridgehead atoms. The molecule has 0 aliphatic carbocycles. The number of piperazine rings is 1. The average Bonchev–Trinajstić information content (AvgIpc) is 2.27. The second-order valence-electron chi connectivity index (χ2n) is 5.58. The molecule has 4 nitrogen and oxygen atoms in total. The highest BCUT2D eigenvalue weighted by Gasteiger charge is 2.43. The fourth-order valence-electron chi connectivity index (χ4n) is 2.74. The number of carbonyl (C=O) groups is 1. The molecule has 1 N–H and O–H groups in total. The van der Waals surface area contributed by atoms with Crippen molar-refractivity contribution in [2.75, 3.05) is 25.1 Å². The Morgan fingerprint density at radius 3 is 2.74 bits per heavy atom. The van der Waals surface area contributed by atoms with Crippen LogP contribution < -0.4 is 4.90 Å². The van der Waals surface area contributed by atoms with Gasteiger partial charge in [0.05, 0.1) is 12.1 Å². The fraction of sp³-hybridized carbons (Fsp3) is 0.500. The Morgan fingerprint density at radius 1 is 1.47 bits per heavy atom. The van der Waals surface area contributed by atoms with E-state index in [2.05, 4.69) is 15.9 Å². The Bertz CT molecular complexity index is 490. The monoisotopic (exact) mass is 326 g/mol. The predicted octanol–water partition coefficient (Wildman–Crippen LogP) is 1.87. The third kappa shape index (κ3) is 2.68. The molecule has 19 heavy (non-hydrogen) atoms. The molecule has 1 aliphatic rings. The lowest BCUT2D eigenvalue weighted by Crippen LogP contribution is -2.66. The van der Waals surface area contributed by atoms with Gasteiger partial charge in [-0.25, -0.2) is 0 Å². The van der Waals surface area contributed by atoms with Gasteiger partial charge in [-0.05, 0) is 39.1 Å². The van der Waals surface area contributed by atoms with E-state index >= 15 is 0 Å². The molecule has 1 amide bonds. The molecule has 1 aromatic carbocycles. The molecule has 1 aromatic rings. The van der Waals surface area contributed by atoms with Gasteiger partial charge >= 0.3 is 0 Å². The van der Waals surface area contributed by atoms with Crippen molar-refractivity contribution in [1.29, 1.82) is 0 Å². The van der Waals surface area contributed by atoms with Crippen molar-refractivity contribution in [3.8, 4) is 0 Å². The molecule has 5 heteroatoms. The van der Waals surface area contributed by atoms with Crippen LogP contribution in [-0.2, 0) is 4.79 Å². The van der Waals surface area contributed by atoms with Crippen LogP contribution in [0.5, 0.6) is 0 Å². The molecule has 0 aromatic heterocycles. The van der Waals surface area contributed by atoms with Gasteiger partial charge < -0.3 is 10.0 Å². The molecule has 104 valence electrons. The van der Waals surface area contributed by atoms with Crippen molar-refractivity contribution in [1.82, 2.24) is 4.90 Å². The number of likely N-dealkylation sites (N-methyl/N-ethyl adjacent to an activating group) is 1. The van der Waals surface area contributed by atoms with Crippen LogP contribution in [0.2, 0.25) is 0 Å². The Balaban J connectivity index is 2.43. The summed E-state index contributed by atoms with van der Waals surface area (Å²) in [7, 11) is 1.87. The van der Waals surface area contributed by atoms with E-state index in [1.807, 2.05) is 50.1 Å². The van der Waals surface area contributed by atoms with E-state index in [4.69, 9.17) is 0 Å². The lowest BCUT2D eigenvalue weighted by molar-refractivity contribution is -0.129. The predicted molar refractivity (Wildman–Crippen MR) is 79.2 cm³/mol. The van der Waals surface area contributed by atoms with Crippen molar-refractivity contribution < 1.29 is 9.90 Å². The van der Waals surface area contributed by atoms with Crippen LogP contribution in [0.15, 0.2) is 28.7 Å². The lowest BCUT2D eigenvalue weighted by Gasteiger charge is -2.49. The second kappa shape index (κ2) is 5.23. The Labute approximate surface area is 122 Å². The van der Waals surface area contributed by atoms with E-state index in [1.165, 1.54) is 0 Å². The molecule has 0 spiro atoms. The van der Waals surface area contributed by atoms with Gasteiger partial charge in [-0.3, -0.25) is 9.69 Å². The van der Waals surface area contributed by atoms with Crippen LogP contribution in [0.4, 0.5) is 5.69 Å². The molecular formula is C14H19BrN2O2. The minimum absolute atomic E-state index is 0.0562. The van der Waals surface area contributed by atoms with Crippen molar-refractivity contribution >= 4 is 27.5 Å². The van der Waals surface area contributed by atoms with Gasteiger partial charge in [0.2, 0.25) is 5.91 Å². The summed E-state index contributed by atoms with van der Waals surface area (Å²) in [6.45, 7) is 4.64. The largest absolute Gasteiger partial charge is 0.394 e.